The van der Waals surface area contributed by atoms with Crippen LogP contribution in [0.3, 0.4) is 0 Å². The third-order valence-electron chi connectivity index (χ3n) is 3.90. The Kier molecular flexibility index (Phi) is 5.46. The fourth-order valence-corrected chi connectivity index (χ4v) is 2.65. The van der Waals surface area contributed by atoms with Crippen molar-refractivity contribution in [2.24, 2.45) is 0 Å². The summed E-state index contributed by atoms with van der Waals surface area (Å²) in [4.78, 5) is 3.35. The van der Waals surface area contributed by atoms with Crippen LogP contribution in [0.2, 0.25) is 0 Å². The number of rotatable bonds is 8. The number of aromatic amines is 1. The molecule has 2 N–H and O–H groups in total. The molecule has 0 aliphatic heterocycles. The molecule has 1 aromatic carbocycles. The van der Waals surface area contributed by atoms with E-state index in [4.69, 9.17) is 0 Å². The van der Waals surface area contributed by atoms with Crippen molar-refractivity contribution in [1.82, 2.24) is 10.3 Å². The van der Waals surface area contributed by atoms with E-state index in [1.54, 1.807) is 0 Å². The van der Waals surface area contributed by atoms with Crippen LogP contribution in [0.4, 0.5) is 0 Å². The molecular formula is C17H26N2. The summed E-state index contributed by atoms with van der Waals surface area (Å²) in [5.41, 5.74) is 2.67. The van der Waals surface area contributed by atoms with Crippen molar-refractivity contribution in [2.45, 2.75) is 52.0 Å². The van der Waals surface area contributed by atoms with Gasteiger partial charge in [0.1, 0.15) is 0 Å². The fourth-order valence-electron chi connectivity index (χ4n) is 2.65. The molecule has 1 atom stereocenters. The highest BCUT2D eigenvalue weighted by Crippen LogP contribution is 2.17. The van der Waals surface area contributed by atoms with Crippen molar-refractivity contribution in [1.29, 1.82) is 0 Å². The van der Waals surface area contributed by atoms with Gasteiger partial charge >= 0.3 is 0 Å². The average Bonchev–Trinajstić information content (AvgIpc) is 2.86. The number of aromatic nitrogens is 1. The Morgan fingerprint density at radius 1 is 1.21 bits per heavy atom. The summed E-state index contributed by atoms with van der Waals surface area (Å²) >= 11 is 0. The molecule has 0 aliphatic rings. The molecule has 0 spiro atoms. The number of unbranched alkanes of at least 4 members (excludes halogenated alkanes) is 1. The van der Waals surface area contributed by atoms with Crippen LogP contribution in [0.5, 0.6) is 0 Å². The van der Waals surface area contributed by atoms with Gasteiger partial charge in [-0.25, -0.2) is 0 Å². The Morgan fingerprint density at radius 3 is 2.84 bits per heavy atom. The molecule has 1 aromatic heterocycles. The van der Waals surface area contributed by atoms with Crippen LogP contribution < -0.4 is 5.32 Å². The molecule has 0 aliphatic carbocycles. The van der Waals surface area contributed by atoms with Gasteiger partial charge in [0.15, 0.2) is 0 Å². The summed E-state index contributed by atoms with van der Waals surface area (Å²) < 4.78 is 0. The van der Waals surface area contributed by atoms with Gasteiger partial charge in [-0.1, -0.05) is 44.9 Å². The largest absolute Gasteiger partial charge is 0.361 e. The Labute approximate surface area is 116 Å². The molecule has 19 heavy (non-hydrogen) atoms. The lowest BCUT2D eigenvalue weighted by molar-refractivity contribution is 0.456. The van der Waals surface area contributed by atoms with Gasteiger partial charge in [-0.3, -0.25) is 0 Å². The predicted molar refractivity (Wildman–Crippen MR) is 83.6 cm³/mol. The van der Waals surface area contributed by atoms with Crippen molar-refractivity contribution in [3.63, 3.8) is 0 Å². The lowest BCUT2D eigenvalue weighted by atomic mass is 10.1. The van der Waals surface area contributed by atoms with Gasteiger partial charge in [0, 0.05) is 23.1 Å². The van der Waals surface area contributed by atoms with Crippen molar-refractivity contribution >= 4 is 10.9 Å². The molecule has 2 rings (SSSR count). The highest BCUT2D eigenvalue weighted by atomic mass is 14.9. The fraction of sp³-hybridized carbons (Fsp3) is 0.529. The minimum Gasteiger partial charge on any atom is -0.361 e. The van der Waals surface area contributed by atoms with Gasteiger partial charge in [-0.05, 0) is 37.4 Å². The molecule has 0 saturated heterocycles. The van der Waals surface area contributed by atoms with E-state index >= 15 is 0 Å². The Morgan fingerprint density at radius 2 is 2.05 bits per heavy atom. The molecule has 0 saturated carbocycles. The minimum absolute atomic E-state index is 0.685. The first-order valence-corrected chi connectivity index (χ1v) is 7.63. The number of nitrogens with one attached hydrogen (secondary N) is 2. The lowest BCUT2D eigenvalue weighted by Crippen LogP contribution is -2.30. The number of hydrogen-bond acceptors (Lipinski definition) is 1. The van der Waals surface area contributed by atoms with Gasteiger partial charge in [0.05, 0.1) is 0 Å². The maximum Gasteiger partial charge on any atom is 0.0456 e. The summed E-state index contributed by atoms with van der Waals surface area (Å²) in [5, 5.41) is 5.06. The van der Waals surface area contributed by atoms with Crippen LogP contribution in [0.15, 0.2) is 30.5 Å². The Hall–Kier alpha value is -1.28. The third-order valence-corrected chi connectivity index (χ3v) is 3.90. The first kappa shape index (κ1) is 14.1. The molecule has 1 heterocycles. The first-order valence-electron chi connectivity index (χ1n) is 7.63. The average molecular weight is 258 g/mol. The summed E-state index contributed by atoms with van der Waals surface area (Å²) in [5.74, 6) is 0. The summed E-state index contributed by atoms with van der Waals surface area (Å²) in [6, 6.07) is 9.23. The number of fused-ring (bicyclic) bond motifs is 1. The van der Waals surface area contributed by atoms with E-state index in [9.17, 15) is 0 Å². The highest BCUT2D eigenvalue weighted by molar-refractivity contribution is 5.83. The molecule has 0 amide bonds. The molecule has 2 nitrogen and oxygen atoms in total. The SMILES string of the molecule is CCCCC(CC)NCCc1c[nH]c2ccccc12. The Balaban J connectivity index is 1.85. The molecule has 2 heteroatoms. The van der Waals surface area contributed by atoms with E-state index in [1.807, 2.05) is 0 Å². The van der Waals surface area contributed by atoms with Gasteiger partial charge in [-0.15, -0.1) is 0 Å². The third kappa shape index (κ3) is 3.84. The maximum atomic E-state index is 3.69. The van der Waals surface area contributed by atoms with Gasteiger partial charge in [0.2, 0.25) is 0 Å². The van der Waals surface area contributed by atoms with E-state index < -0.39 is 0 Å². The quantitative estimate of drug-likeness (QED) is 0.727. The standard InChI is InChI=1S/C17H26N2/c1-3-5-8-15(4-2)18-12-11-14-13-19-17-10-7-6-9-16(14)17/h6-7,9-10,13,15,18-19H,3-5,8,11-12H2,1-2H3. The van der Waals surface area contributed by atoms with Crippen molar-refractivity contribution < 1.29 is 0 Å². The molecule has 1 unspecified atom stereocenters. The second kappa shape index (κ2) is 7.34. The van der Waals surface area contributed by atoms with E-state index in [1.165, 1.54) is 42.1 Å². The summed E-state index contributed by atoms with van der Waals surface area (Å²) in [7, 11) is 0. The van der Waals surface area contributed by atoms with Gasteiger partial charge < -0.3 is 10.3 Å². The summed E-state index contributed by atoms with van der Waals surface area (Å²) in [6.45, 7) is 5.61. The van der Waals surface area contributed by atoms with Crippen LogP contribution in [-0.4, -0.2) is 17.6 Å². The zero-order valence-corrected chi connectivity index (χ0v) is 12.2. The zero-order chi connectivity index (χ0) is 13.5. The lowest BCUT2D eigenvalue weighted by Gasteiger charge is -2.16. The highest BCUT2D eigenvalue weighted by Gasteiger charge is 2.06. The summed E-state index contributed by atoms with van der Waals surface area (Å²) in [6.07, 6.45) is 8.42. The molecule has 0 fully saturated rings. The van der Waals surface area contributed by atoms with E-state index in [2.05, 4.69) is 54.6 Å². The number of benzene rings is 1. The minimum atomic E-state index is 0.685. The van der Waals surface area contributed by atoms with E-state index in [-0.39, 0.29) is 0 Å². The van der Waals surface area contributed by atoms with E-state index in [0.717, 1.165) is 13.0 Å². The van der Waals surface area contributed by atoms with Crippen LogP contribution in [0.1, 0.15) is 45.1 Å². The van der Waals surface area contributed by atoms with Crippen molar-refractivity contribution in [2.75, 3.05) is 6.54 Å². The predicted octanol–water partition coefficient (Wildman–Crippen LogP) is 4.27. The molecular weight excluding hydrogens is 232 g/mol. The Bertz CT molecular complexity index is 487. The van der Waals surface area contributed by atoms with Crippen molar-refractivity contribution in [3.8, 4) is 0 Å². The van der Waals surface area contributed by atoms with Crippen LogP contribution in [-0.2, 0) is 6.42 Å². The number of H-pyrrole nitrogens is 1. The maximum absolute atomic E-state index is 3.69. The number of hydrogen-bond donors (Lipinski definition) is 2. The zero-order valence-electron chi connectivity index (χ0n) is 12.2. The van der Waals surface area contributed by atoms with Crippen LogP contribution in [0, 0.1) is 0 Å². The molecule has 2 aromatic rings. The van der Waals surface area contributed by atoms with Gasteiger partial charge in [0.25, 0.3) is 0 Å². The first-order chi connectivity index (χ1) is 9.35. The van der Waals surface area contributed by atoms with Crippen molar-refractivity contribution in [3.05, 3.63) is 36.0 Å². The number of para-hydroxylation sites is 1. The molecule has 104 valence electrons. The normalized spacial score (nSPS) is 12.9. The monoisotopic (exact) mass is 258 g/mol. The van der Waals surface area contributed by atoms with Crippen LogP contribution in [0.25, 0.3) is 10.9 Å². The molecule has 0 bridgehead atoms. The van der Waals surface area contributed by atoms with E-state index in [0.29, 0.717) is 6.04 Å². The topological polar surface area (TPSA) is 27.8 Å². The second-order valence-corrected chi connectivity index (χ2v) is 5.31. The van der Waals surface area contributed by atoms with Gasteiger partial charge in [-0.2, -0.15) is 0 Å². The second-order valence-electron chi connectivity index (χ2n) is 5.31. The van der Waals surface area contributed by atoms with Crippen LogP contribution >= 0.6 is 0 Å². The smallest absolute Gasteiger partial charge is 0.0456 e. The molecule has 0 radical (unpaired) electrons.